The van der Waals surface area contributed by atoms with Crippen molar-refractivity contribution in [2.75, 3.05) is 13.3 Å². The Morgan fingerprint density at radius 2 is 2.20 bits per heavy atom. The highest BCUT2D eigenvalue weighted by Gasteiger charge is 2.07. The van der Waals surface area contributed by atoms with E-state index in [0.29, 0.717) is 13.0 Å². The summed E-state index contributed by atoms with van der Waals surface area (Å²) in [6.45, 7) is 3.98. The van der Waals surface area contributed by atoms with Gasteiger partial charge in [-0.15, -0.1) is 0 Å². The molecule has 2 nitrogen and oxygen atoms in total. The van der Waals surface area contributed by atoms with E-state index in [9.17, 15) is 4.39 Å². The van der Waals surface area contributed by atoms with Crippen LogP contribution in [0.5, 0.6) is 5.75 Å². The Morgan fingerprint density at radius 1 is 1.47 bits per heavy atom. The van der Waals surface area contributed by atoms with Crippen LogP contribution in [0.2, 0.25) is 0 Å². The van der Waals surface area contributed by atoms with E-state index in [2.05, 4.69) is 0 Å². The van der Waals surface area contributed by atoms with E-state index in [1.165, 1.54) is 0 Å². The molecular formula is C12H18FNO. The molecular weight excluding hydrogens is 193 g/mol. The van der Waals surface area contributed by atoms with E-state index in [0.717, 1.165) is 16.9 Å². The highest BCUT2D eigenvalue weighted by molar-refractivity contribution is 5.38. The van der Waals surface area contributed by atoms with Gasteiger partial charge in [0.1, 0.15) is 5.75 Å². The van der Waals surface area contributed by atoms with Gasteiger partial charge in [0.2, 0.25) is 0 Å². The van der Waals surface area contributed by atoms with Gasteiger partial charge in [0.25, 0.3) is 0 Å². The summed E-state index contributed by atoms with van der Waals surface area (Å²) >= 11 is 0. The first-order valence-electron chi connectivity index (χ1n) is 5.20. The first kappa shape index (κ1) is 12.0. The number of nitrogens with two attached hydrogens (primary N) is 1. The molecule has 3 heteroatoms. The molecule has 0 spiro atoms. The van der Waals surface area contributed by atoms with Gasteiger partial charge in [-0.05, 0) is 19.9 Å². The first-order valence-corrected chi connectivity index (χ1v) is 5.20. The van der Waals surface area contributed by atoms with Crippen LogP contribution in [-0.4, -0.2) is 13.3 Å². The summed E-state index contributed by atoms with van der Waals surface area (Å²) in [5.74, 6) is 0.768. The number of rotatable bonds is 5. The molecule has 1 rings (SSSR count). The topological polar surface area (TPSA) is 35.2 Å². The summed E-state index contributed by atoms with van der Waals surface area (Å²) in [5, 5.41) is 0. The Bertz CT molecular complexity index is 312. The summed E-state index contributed by atoms with van der Waals surface area (Å²) in [5.41, 5.74) is 7.97. The van der Waals surface area contributed by atoms with Crippen molar-refractivity contribution in [1.82, 2.24) is 0 Å². The molecule has 0 saturated carbocycles. The standard InChI is InChI=1S/C12H18FNO/c1-9-4-5-12(15-7-3-6-13)11(8-9)10(2)14/h4-5,8,10H,3,6-7,14H2,1-2H3/t10-/m1/s1. The van der Waals surface area contributed by atoms with Crippen molar-refractivity contribution in [2.45, 2.75) is 26.3 Å². The molecule has 0 amide bonds. The predicted octanol–water partition coefficient (Wildman–Crippen LogP) is 2.75. The van der Waals surface area contributed by atoms with Crippen molar-refractivity contribution in [1.29, 1.82) is 0 Å². The van der Waals surface area contributed by atoms with E-state index >= 15 is 0 Å². The van der Waals surface area contributed by atoms with Crippen molar-refractivity contribution in [3.63, 3.8) is 0 Å². The van der Waals surface area contributed by atoms with Crippen LogP contribution in [0.15, 0.2) is 18.2 Å². The number of aryl methyl sites for hydroxylation is 1. The van der Waals surface area contributed by atoms with E-state index in [1.54, 1.807) is 0 Å². The fourth-order valence-electron chi connectivity index (χ4n) is 1.39. The molecule has 0 unspecified atom stereocenters. The lowest BCUT2D eigenvalue weighted by Crippen LogP contribution is -2.09. The minimum Gasteiger partial charge on any atom is -0.493 e. The van der Waals surface area contributed by atoms with Gasteiger partial charge in [-0.25, -0.2) is 0 Å². The second-order valence-corrected chi connectivity index (χ2v) is 3.72. The van der Waals surface area contributed by atoms with Crippen LogP contribution in [0, 0.1) is 6.92 Å². The number of hydrogen-bond acceptors (Lipinski definition) is 2. The molecule has 0 saturated heterocycles. The Balaban J connectivity index is 2.77. The average molecular weight is 211 g/mol. The monoisotopic (exact) mass is 211 g/mol. The van der Waals surface area contributed by atoms with Gasteiger partial charge >= 0.3 is 0 Å². The van der Waals surface area contributed by atoms with Crippen LogP contribution in [0.1, 0.15) is 30.5 Å². The number of halogens is 1. The minimum absolute atomic E-state index is 0.0646. The summed E-state index contributed by atoms with van der Waals surface area (Å²) in [6.07, 6.45) is 0.423. The molecule has 0 aliphatic carbocycles. The van der Waals surface area contributed by atoms with Crippen molar-refractivity contribution < 1.29 is 9.13 Å². The molecule has 0 heterocycles. The molecule has 0 bridgehead atoms. The van der Waals surface area contributed by atoms with Crippen LogP contribution in [0.25, 0.3) is 0 Å². The highest BCUT2D eigenvalue weighted by Crippen LogP contribution is 2.25. The van der Waals surface area contributed by atoms with Gasteiger partial charge in [0.05, 0.1) is 13.3 Å². The smallest absolute Gasteiger partial charge is 0.124 e. The molecule has 0 aliphatic heterocycles. The fraction of sp³-hybridized carbons (Fsp3) is 0.500. The van der Waals surface area contributed by atoms with Gasteiger partial charge in [-0.3, -0.25) is 4.39 Å². The zero-order valence-corrected chi connectivity index (χ0v) is 9.29. The average Bonchev–Trinajstić information content (AvgIpc) is 2.20. The molecule has 1 atom stereocenters. The molecule has 84 valence electrons. The van der Waals surface area contributed by atoms with Crippen molar-refractivity contribution >= 4 is 0 Å². The van der Waals surface area contributed by atoms with Crippen LogP contribution in [-0.2, 0) is 0 Å². The van der Waals surface area contributed by atoms with E-state index in [4.69, 9.17) is 10.5 Å². The highest BCUT2D eigenvalue weighted by atomic mass is 19.1. The second-order valence-electron chi connectivity index (χ2n) is 3.72. The second kappa shape index (κ2) is 5.71. The van der Waals surface area contributed by atoms with Gasteiger partial charge in [-0.2, -0.15) is 0 Å². The van der Waals surface area contributed by atoms with Crippen LogP contribution in [0.4, 0.5) is 4.39 Å². The zero-order chi connectivity index (χ0) is 11.3. The molecule has 0 radical (unpaired) electrons. The maximum atomic E-state index is 11.9. The molecule has 15 heavy (non-hydrogen) atoms. The normalized spacial score (nSPS) is 12.5. The molecule has 0 aromatic heterocycles. The minimum atomic E-state index is -0.348. The molecule has 2 N–H and O–H groups in total. The van der Waals surface area contributed by atoms with Gasteiger partial charge in [0.15, 0.2) is 0 Å². The summed E-state index contributed by atoms with van der Waals surface area (Å²) in [4.78, 5) is 0. The third-order valence-electron chi connectivity index (χ3n) is 2.19. The van der Waals surface area contributed by atoms with Gasteiger partial charge in [-0.1, -0.05) is 17.7 Å². The molecule has 1 aromatic carbocycles. The molecule has 0 fully saturated rings. The zero-order valence-electron chi connectivity index (χ0n) is 9.29. The van der Waals surface area contributed by atoms with Gasteiger partial charge in [0, 0.05) is 18.0 Å². The van der Waals surface area contributed by atoms with Crippen LogP contribution < -0.4 is 10.5 Å². The van der Waals surface area contributed by atoms with Gasteiger partial charge < -0.3 is 10.5 Å². The Labute approximate surface area is 90.2 Å². The van der Waals surface area contributed by atoms with Crippen molar-refractivity contribution in [3.8, 4) is 5.75 Å². The third-order valence-corrected chi connectivity index (χ3v) is 2.19. The lowest BCUT2D eigenvalue weighted by molar-refractivity contribution is 0.286. The Kier molecular flexibility index (Phi) is 4.56. The molecule has 0 aliphatic rings. The maximum Gasteiger partial charge on any atom is 0.124 e. The third kappa shape index (κ3) is 3.51. The van der Waals surface area contributed by atoms with Crippen molar-refractivity contribution in [2.24, 2.45) is 5.73 Å². The van der Waals surface area contributed by atoms with E-state index < -0.39 is 0 Å². The predicted molar refractivity (Wildman–Crippen MR) is 59.9 cm³/mol. The van der Waals surface area contributed by atoms with Crippen LogP contribution >= 0.6 is 0 Å². The van der Waals surface area contributed by atoms with E-state index in [1.807, 2.05) is 32.0 Å². The number of alkyl halides is 1. The Hall–Kier alpha value is -1.09. The quantitative estimate of drug-likeness (QED) is 0.760. The summed E-state index contributed by atoms with van der Waals surface area (Å²) < 4.78 is 17.4. The molecule has 1 aromatic rings. The SMILES string of the molecule is Cc1ccc(OCCCF)c([C@@H](C)N)c1. The number of hydrogen-bond donors (Lipinski definition) is 1. The first-order chi connectivity index (χ1) is 7.15. The summed E-state index contributed by atoms with van der Waals surface area (Å²) in [6, 6.07) is 5.81. The fourth-order valence-corrected chi connectivity index (χ4v) is 1.39. The number of ether oxygens (including phenoxy) is 1. The lowest BCUT2D eigenvalue weighted by atomic mass is 10.1. The Morgan fingerprint density at radius 3 is 2.80 bits per heavy atom. The van der Waals surface area contributed by atoms with Crippen molar-refractivity contribution in [3.05, 3.63) is 29.3 Å². The largest absolute Gasteiger partial charge is 0.493 e. The van der Waals surface area contributed by atoms with Crippen LogP contribution in [0.3, 0.4) is 0 Å². The van der Waals surface area contributed by atoms with E-state index in [-0.39, 0.29) is 12.7 Å². The lowest BCUT2D eigenvalue weighted by Gasteiger charge is -2.14. The maximum absolute atomic E-state index is 11.9. The summed E-state index contributed by atoms with van der Waals surface area (Å²) in [7, 11) is 0. The number of benzene rings is 1.